The minimum Gasteiger partial charge on any atom is -0.378 e. The fraction of sp³-hybridized carbons (Fsp3) is 0.667. The monoisotopic (exact) mass is 306 g/mol. The summed E-state index contributed by atoms with van der Waals surface area (Å²) in [4.78, 5) is 2.07. The lowest BCUT2D eigenvalue weighted by Crippen LogP contribution is -2.37. The molecule has 1 saturated carbocycles. The lowest BCUT2D eigenvalue weighted by Gasteiger charge is -2.30. The SMILES string of the molecule is C[C@H](NC1CCCCC1)c1ccc(N2CCOCC2)c(F)c1. The second kappa shape index (κ2) is 7.42. The lowest BCUT2D eigenvalue weighted by atomic mass is 9.94. The van der Waals surface area contributed by atoms with Crippen LogP contribution in [0.2, 0.25) is 0 Å². The quantitative estimate of drug-likeness (QED) is 0.919. The first-order valence-corrected chi connectivity index (χ1v) is 8.62. The maximum Gasteiger partial charge on any atom is 0.146 e. The van der Waals surface area contributed by atoms with Gasteiger partial charge in [-0.3, -0.25) is 0 Å². The van der Waals surface area contributed by atoms with Gasteiger partial charge in [-0.2, -0.15) is 0 Å². The molecular formula is C18H27FN2O. The van der Waals surface area contributed by atoms with Gasteiger partial charge in [-0.25, -0.2) is 4.39 Å². The minimum absolute atomic E-state index is 0.114. The van der Waals surface area contributed by atoms with Crippen molar-refractivity contribution in [2.75, 3.05) is 31.2 Å². The minimum atomic E-state index is -0.114. The Morgan fingerprint density at radius 1 is 1.18 bits per heavy atom. The van der Waals surface area contributed by atoms with Gasteiger partial charge in [0, 0.05) is 25.2 Å². The Hall–Kier alpha value is -1.13. The molecule has 1 saturated heterocycles. The number of benzene rings is 1. The molecule has 0 bridgehead atoms. The maximum absolute atomic E-state index is 14.5. The summed E-state index contributed by atoms with van der Waals surface area (Å²) in [5, 5.41) is 3.66. The molecule has 1 heterocycles. The first kappa shape index (κ1) is 15.8. The Labute approximate surface area is 132 Å². The van der Waals surface area contributed by atoms with Crippen LogP contribution in [0.25, 0.3) is 0 Å². The van der Waals surface area contributed by atoms with Gasteiger partial charge >= 0.3 is 0 Å². The van der Waals surface area contributed by atoms with Gasteiger partial charge < -0.3 is 15.0 Å². The Bertz CT molecular complexity index is 482. The molecule has 1 aromatic carbocycles. The molecule has 1 aliphatic heterocycles. The summed E-state index contributed by atoms with van der Waals surface area (Å²) in [5.41, 5.74) is 1.75. The third-order valence-electron chi connectivity index (χ3n) is 4.91. The summed E-state index contributed by atoms with van der Waals surface area (Å²) in [6.45, 7) is 5.04. The van der Waals surface area contributed by atoms with Crippen LogP contribution in [-0.4, -0.2) is 32.3 Å². The van der Waals surface area contributed by atoms with E-state index in [0.29, 0.717) is 24.9 Å². The predicted octanol–water partition coefficient (Wildman–Crippen LogP) is 3.65. The molecular weight excluding hydrogens is 279 g/mol. The van der Waals surface area contributed by atoms with Crippen LogP contribution in [0.5, 0.6) is 0 Å². The molecule has 2 fully saturated rings. The number of morpholine rings is 1. The van der Waals surface area contributed by atoms with E-state index in [4.69, 9.17) is 4.74 Å². The molecule has 122 valence electrons. The second-order valence-electron chi connectivity index (χ2n) is 6.53. The Morgan fingerprint density at radius 3 is 2.59 bits per heavy atom. The molecule has 1 N–H and O–H groups in total. The first-order valence-electron chi connectivity index (χ1n) is 8.62. The van der Waals surface area contributed by atoms with Gasteiger partial charge in [0.25, 0.3) is 0 Å². The number of ether oxygens (including phenoxy) is 1. The fourth-order valence-electron chi connectivity index (χ4n) is 3.57. The molecule has 22 heavy (non-hydrogen) atoms. The smallest absolute Gasteiger partial charge is 0.146 e. The Kier molecular flexibility index (Phi) is 5.32. The highest BCUT2D eigenvalue weighted by Crippen LogP contribution is 2.26. The number of nitrogens with one attached hydrogen (secondary N) is 1. The third-order valence-corrected chi connectivity index (χ3v) is 4.91. The number of hydrogen-bond acceptors (Lipinski definition) is 3. The molecule has 0 radical (unpaired) electrons. The zero-order valence-corrected chi connectivity index (χ0v) is 13.5. The molecule has 3 rings (SSSR count). The molecule has 4 heteroatoms. The van der Waals surface area contributed by atoms with Crippen molar-refractivity contribution in [1.29, 1.82) is 0 Å². The van der Waals surface area contributed by atoms with Crippen molar-refractivity contribution < 1.29 is 9.13 Å². The van der Waals surface area contributed by atoms with E-state index in [1.54, 1.807) is 6.07 Å². The predicted molar refractivity (Wildman–Crippen MR) is 87.9 cm³/mol. The van der Waals surface area contributed by atoms with Crippen LogP contribution in [0.4, 0.5) is 10.1 Å². The lowest BCUT2D eigenvalue weighted by molar-refractivity contribution is 0.122. The van der Waals surface area contributed by atoms with Crippen molar-refractivity contribution in [2.24, 2.45) is 0 Å². The summed E-state index contributed by atoms with van der Waals surface area (Å²) in [6, 6.07) is 6.48. The van der Waals surface area contributed by atoms with Crippen LogP contribution in [0.3, 0.4) is 0 Å². The van der Waals surface area contributed by atoms with Crippen molar-refractivity contribution >= 4 is 5.69 Å². The molecule has 0 aromatic heterocycles. The number of halogens is 1. The molecule has 1 aliphatic carbocycles. The highest BCUT2D eigenvalue weighted by Gasteiger charge is 2.19. The largest absolute Gasteiger partial charge is 0.378 e. The zero-order valence-electron chi connectivity index (χ0n) is 13.5. The van der Waals surface area contributed by atoms with E-state index in [1.807, 2.05) is 6.07 Å². The van der Waals surface area contributed by atoms with Crippen LogP contribution in [0.15, 0.2) is 18.2 Å². The van der Waals surface area contributed by atoms with Crippen molar-refractivity contribution in [1.82, 2.24) is 5.32 Å². The Morgan fingerprint density at radius 2 is 1.91 bits per heavy atom. The summed E-state index contributed by atoms with van der Waals surface area (Å²) >= 11 is 0. The van der Waals surface area contributed by atoms with Gasteiger partial charge in [0.05, 0.1) is 18.9 Å². The van der Waals surface area contributed by atoms with Crippen molar-refractivity contribution in [3.63, 3.8) is 0 Å². The molecule has 0 amide bonds. The van der Waals surface area contributed by atoms with E-state index in [1.165, 1.54) is 32.1 Å². The topological polar surface area (TPSA) is 24.5 Å². The van der Waals surface area contributed by atoms with Gasteiger partial charge in [0.15, 0.2) is 0 Å². The summed E-state index contributed by atoms with van der Waals surface area (Å²) in [7, 11) is 0. The van der Waals surface area contributed by atoms with E-state index in [-0.39, 0.29) is 11.9 Å². The van der Waals surface area contributed by atoms with Crippen molar-refractivity contribution in [3.05, 3.63) is 29.6 Å². The number of hydrogen-bond donors (Lipinski definition) is 1. The average Bonchev–Trinajstić information content (AvgIpc) is 2.56. The maximum atomic E-state index is 14.5. The molecule has 3 nitrogen and oxygen atoms in total. The van der Waals surface area contributed by atoms with Gasteiger partial charge in [-0.15, -0.1) is 0 Å². The first-order chi connectivity index (χ1) is 10.7. The number of rotatable bonds is 4. The fourth-order valence-corrected chi connectivity index (χ4v) is 3.57. The van der Waals surface area contributed by atoms with Gasteiger partial charge in [0.1, 0.15) is 5.82 Å². The molecule has 0 spiro atoms. The van der Waals surface area contributed by atoms with E-state index in [9.17, 15) is 4.39 Å². The summed E-state index contributed by atoms with van der Waals surface area (Å²) in [6.07, 6.45) is 6.48. The van der Waals surface area contributed by atoms with Crippen molar-refractivity contribution in [3.8, 4) is 0 Å². The Balaban J connectivity index is 1.65. The summed E-state index contributed by atoms with van der Waals surface area (Å²) < 4.78 is 19.8. The van der Waals surface area contributed by atoms with Gasteiger partial charge in [0.2, 0.25) is 0 Å². The van der Waals surface area contributed by atoms with Crippen molar-refractivity contribution in [2.45, 2.75) is 51.1 Å². The summed E-state index contributed by atoms with van der Waals surface area (Å²) in [5.74, 6) is -0.114. The molecule has 1 atom stereocenters. The van der Waals surface area contributed by atoms with E-state index in [2.05, 4.69) is 23.2 Å². The van der Waals surface area contributed by atoms with E-state index >= 15 is 0 Å². The van der Waals surface area contributed by atoms with Crippen LogP contribution in [-0.2, 0) is 4.74 Å². The zero-order chi connectivity index (χ0) is 15.4. The number of nitrogens with zero attached hydrogens (tertiary/aromatic N) is 1. The average molecular weight is 306 g/mol. The van der Waals surface area contributed by atoms with Crippen LogP contribution in [0.1, 0.15) is 50.6 Å². The normalized spacial score (nSPS) is 21.8. The van der Waals surface area contributed by atoms with Crippen LogP contribution in [0, 0.1) is 5.82 Å². The van der Waals surface area contributed by atoms with E-state index in [0.717, 1.165) is 18.7 Å². The highest BCUT2D eigenvalue weighted by molar-refractivity contribution is 5.49. The molecule has 2 aliphatic rings. The van der Waals surface area contributed by atoms with Gasteiger partial charge in [-0.05, 0) is 37.5 Å². The molecule has 1 aromatic rings. The van der Waals surface area contributed by atoms with Crippen LogP contribution < -0.4 is 10.2 Å². The third kappa shape index (κ3) is 3.79. The van der Waals surface area contributed by atoms with Crippen LogP contribution >= 0.6 is 0 Å². The van der Waals surface area contributed by atoms with Gasteiger partial charge in [-0.1, -0.05) is 25.3 Å². The number of anilines is 1. The second-order valence-corrected chi connectivity index (χ2v) is 6.53. The standard InChI is InChI=1S/C18H27FN2O/c1-14(20-16-5-3-2-4-6-16)15-7-8-18(17(19)13-15)21-9-11-22-12-10-21/h7-8,13-14,16,20H,2-6,9-12H2,1H3/t14-/m0/s1. The van der Waals surface area contributed by atoms with E-state index < -0.39 is 0 Å². The highest BCUT2D eigenvalue weighted by atomic mass is 19.1. The molecule has 0 unspecified atom stereocenters.